The van der Waals surface area contributed by atoms with Crippen LogP contribution in [0.15, 0.2) is 144 Å². The number of benzene rings is 5. The smallest absolute Gasteiger partial charge is 0.123 e. The maximum Gasteiger partial charge on any atom is 0.123 e. The minimum Gasteiger partial charge on any atom is -0.491 e. The maximum atomic E-state index is 6.46. The summed E-state index contributed by atoms with van der Waals surface area (Å²) in [5.41, 5.74) is 9.10. The summed E-state index contributed by atoms with van der Waals surface area (Å²) >= 11 is 0. The van der Waals surface area contributed by atoms with Gasteiger partial charge in [0.15, 0.2) is 0 Å². The summed E-state index contributed by atoms with van der Waals surface area (Å²) in [5, 5.41) is 7.08. The van der Waals surface area contributed by atoms with E-state index in [1.165, 1.54) is 27.2 Å². The van der Waals surface area contributed by atoms with Crippen molar-refractivity contribution in [3.63, 3.8) is 0 Å². The Morgan fingerprint density at radius 1 is 0.578 bits per heavy atom. The van der Waals surface area contributed by atoms with Gasteiger partial charge >= 0.3 is 0 Å². The molecule has 215 valence electrons. The SMILES string of the molecule is [Ir].[c-]1c(-c2ccccn2)c2oc3ccccc3c2c2c1c1cccc3c4ccccc4n2c13.[c-]1ccccc1-c1ccccn1. The van der Waals surface area contributed by atoms with Gasteiger partial charge in [-0.1, -0.05) is 95.2 Å². The van der Waals surface area contributed by atoms with Crippen molar-refractivity contribution in [2.24, 2.45) is 0 Å². The predicted molar refractivity (Wildman–Crippen MR) is 179 cm³/mol. The van der Waals surface area contributed by atoms with Crippen molar-refractivity contribution in [2.45, 2.75) is 0 Å². The van der Waals surface area contributed by atoms with Gasteiger partial charge in [-0.25, -0.2) is 0 Å². The molecule has 10 rings (SSSR count). The normalized spacial score (nSPS) is 11.4. The van der Waals surface area contributed by atoms with Gasteiger partial charge in [-0.15, -0.1) is 42.0 Å². The Kier molecular flexibility index (Phi) is 6.64. The molecule has 0 aliphatic heterocycles. The molecule has 0 N–H and O–H groups in total. The van der Waals surface area contributed by atoms with Crippen LogP contribution in [0, 0.1) is 12.1 Å². The van der Waals surface area contributed by atoms with Crippen LogP contribution >= 0.6 is 0 Å². The first-order chi connectivity index (χ1) is 21.9. The molecular weight excluding hydrogens is 731 g/mol. The number of furan rings is 1. The van der Waals surface area contributed by atoms with Crippen molar-refractivity contribution in [1.29, 1.82) is 0 Å². The van der Waals surface area contributed by atoms with E-state index < -0.39 is 0 Å². The van der Waals surface area contributed by atoms with Gasteiger partial charge in [-0.3, -0.25) is 4.98 Å². The number of aromatic nitrogens is 3. The number of pyridine rings is 2. The molecule has 45 heavy (non-hydrogen) atoms. The van der Waals surface area contributed by atoms with Crippen molar-refractivity contribution in [3.05, 3.63) is 152 Å². The van der Waals surface area contributed by atoms with E-state index in [9.17, 15) is 0 Å². The first-order valence-corrected chi connectivity index (χ1v) is 14.6. The maximum absolute atomic E-state index is 6.46. The Hall–Kier alpha value is -5.35. The van der Waals surface area contributed by atoms with E-state index >= 15 is 0 Å². The molecule has 5 heteroatoms. The van der Waals surface area contributed by atoms with E-state index in [1.807, 2.05) is 79.0 Å². The molecule has 0 saturated heterocycles. The molecule has 0 saturated carbocycles. The van der Waals surface area contributed by atoms with Crippen LogP contribution in [0.25, 0.3) is 82.5 Å². The Balaban J connectivity index is 0.000000196. The van der Waals surface area contributed by atoms with Gasteiger partial charge in [-0.2, -0.15) is 0 Å². The van der Waals surface area contributed by atoms with Gasteiger partial charge in [0.05, 0.1) is 5.58 Å². The van der Waals surface area contributed by atoms with E-state index in [-0.39, 0.29) is 20.1 Å². The molecule has 5 aromatic heterocycles. The van der Waals surface area contributed by atoms with Crippen molar-refractivity contribution in [2.75, 3.05) is 0 Å². The molecule has 0 unspecified atom stereocenters. The minimum absolute atomic E-state index is 0. The van der Waals surface area contributed by atoms with E-state index in [4.69, 9.17) is 4.42 Å². The van der Waals surface area contributed by atoms with Crippen molar-refractivity contribution in [3.8, 4) is 22.5 Å². The second kappa shape index (κ2) is 11.0. The molecule has 5 heterocycles. The fraction of sp³-hybridized carbons (Fsp3) is 0. The zero-order valence-corrected chi connectivity index (χ0v) is 26.3. The molecule has 0 fully saturated rings. The van der Waals surface area contributed by atoms with Crippen LogP contribution in [0.2, 0.25) is 0 Å². The Morgan fingerprint density at radius 2 is 1.27 bits per heavy atom. The first-order valence-electron chi connectivity index (χ1n) is 14.6. The van der Waals surface area contributed by atoms with Crippen molar-refractivity contribution in [1.82, 2.24) is 14.4 Å². The molecular formula is C40H23IrN3O-2. The summed E-state index contributed by atoms with van der Waals surface area (Å²) in [6.45, 7) is 0. The molecule has 10 aromatic rings. The standard InChI is InChI=1S/C29H15N2O.C11H8N.Ir/c1-3-13-24-17(8-1)18-10-7-11-19-21-16-22(23-12-5-6-15-30-23)29-26(28(21)31(24)27(18)19)20-9-2-4-14-25(20)32-29;1-2-6-10(7-3-1)11-8-4-5-9-12-11;/h1-15H;1-6,8-9H;/q2*-1;. The minimum atomic E-state index is 0. The van der Waals surface area contributed by atoms with Crippen LogP contribution in [0.3, 0.4) is 0 Å². The van der Waals surface area contributed by atoms with E-state index in [1.54, 1.807) is 6.20 Å². The summed E-state index contributed by atoms with van der Waals surface area (Å²) in [4.78, 5) is 8.85. The third kappa shape index (κ3) is 4.24. The van der Waals surface area contributed by atoms with Gasteiger partial charge in [0.25, 0.3) is 0 Å². The summed E-state index contributed by atoms with van der Waals surface area (Å²) in [7, 11) is 0. The largest absolute Gasteiger partial charge is 0.491 e. The number of rotatable bonds is 2. The fourth-order valence-electron chi connectivity index (χ4n) is 6.46. The monoisotopic (exact) mass is 754 g/mol. The molecule has 0 bridgehead atoms. The van der Waals surface area contributed by atoms with Crippen LogP contribution in [-0.2, 0) is 20.1 Å². The first kappa shape index (κ1) is 27.2. The number of para-hydroxylation sites is 3. The molecule has 0 aliphatic rings. The van der Waals surface area contributed by atoms with E-state index in [0.717, 1.165) is 55.4 Å². The van der Waals surface area contributed by atoms with Crippen molar-refractivity contribution >= 4 is 60.0 Å². The molecule has 0 aliphatic carbocycles. The molecule has 4 nitrogen and oxygen atoms in total. The number of hydrogen-bond donors (Lipinski definition) is 0. The van der Waals surface area contributed by atoms with Gasteiger partial charge < -0.3 is 13.8 Å². The van der Waals surface area contributed by atoms with Crippen LogP contribution in [0.1, 0.15) is 0 Å². The Labute approximate surface area is 272 Å². The molecule has 0 amide bonds. The Bertz CT molecular complexity index is 2550. The third-order valence-electron chi connectivity index (χ3n) is 8.30. The van der Waals surface area contributed by atoms with Crippen LogP contribution in [0.5, 0.6) is 0 Å². The van der Waals surface area contributed by atoms with E-state index in [2.05, 4.69) is 81.1 Å². The van der Waals surface area contributed by atoms with Gasteiger partial charge in [0.1, 0.15) is 5.58 Å². The summed E-state index contributed by atoms with van der Waals surface area (Å²) in [5.74, 6) is 0. The molecule has 5 aromatic carbocycles. The quantitative estimate of drug-likeness (QED) is 0.165. The predicted octanol–water partition coefficient (Wildman–Crippen LogP) is 10.1. The Morgan fingerprint density at radius 3 is 2.04 bits per heavy atom. The zero-order valence-electron chi connectivity index (χ0n) is 23.9. The van der Waals surface area contributed by atoms with Crippen LogP contribution in [0.4, 0.5) is 0 Å². The zero-order chi connectivity index (χ0) is 29.0. The van der Waals surface area contributed by atoms with Gasteiger partial charge in [0, 0.05) is 65.4 Å². The average molecular weight is 754 g/mol. The number of hydrogen-bond acceptors (Lipinski definition) is 3. The van der Waals surface area contributed by atoms with Gasteiger partial charge in [-0.05, 0) is 40.9 Å². The average Bonchev–Trinajstić information content (AvgIpc) is 3.76. The second-order valence-corrected chi connectivity index (χ2v) is 10.8. The number of fused-ring (bicyclic) bond motifs is 10. The molecule has 0 spiro atoms. The fourth-order valence-corrected chi connectivity index (χ4v) is 6.46. The number of nitrogens with zero attached hydrogens (tertiary/aromatic N) is 3. The topological polar surface area (TPSA) is 43.3 Å². The molecule has 1 radical (unpaired) electrons. The summed E-state index contributed by atoms with van der Waals surface area (Å²) < 4.78 is 8.86. The van der Waals surface area contributed by atoms with Crippen LogP contribution in [-0.4, -0.2) is 14.4 Å². The van der Waals surface area contributed by atoms with E-state index in [0.29, 0.717) is 0 Å². The molecule has 0 atom stereocenters. The van der Waals surface area contributed by atoms with Crippen molar-refractivity contribution < 1.29 is 24.5 Å². The summed E-state index contributed by atoms with van der Waals surface area (Å²) in [6, 6.07) is 50.0. The third-order valence-corrected chi connectivity index (χ3v) is 8.30. The second-order valence-electron chi connectivity index (χ2n) is 10.8. The van der Waals surface area contributed by atoms with Crippen LogP contribution < -0.4 is 0 Å². The summed E-state index contributed by atoms with van der Waals surface area (Å²) in [6.07, 6.45) is 3.61. The van der Waals surface area contributed by atoms with Gasteiger partial charge in [0.2, 0.25) is 0 Å².